The van der Waals surface area contributed by atoms with Crippen molar-refractivity contribution in [1.82, 2.24) is 0 Å². The van der Waals surface area contributed by atoms with Crippen LogP contribution in [0.4, 0.5) is 0 Å². The van der Waals surface area contributed by atoms with Gasteiger partial charge in [-0.05, 0) is 36.4 Å². The van der Waals surface area contributed by atoms with Crippen LogP contribution in [0.5, 0.6) is 17.2 Å². The van der Waals surface area contributed by atoms with Gasteiger partial charge in [-0.2, -0.15) is 0 Å². The summed E-state index contributed by atoms with van der Waals surface area (Å²) in [5.41, 5.74) is 7.63. The molecule has 2 N–H and O–H groups in total. The van der Waals surface area contributed by atoms with Gasteiger partial charge >= 0.3 is 0 Å². The molecule has 0 bridgehead atoms. The molecule has 0 spiro atoms. The second kappa shape index (κ2) is 7.33. The number of nitrogens with two attached hydrogens (primary N) is 1. The van der Waals surface area contributed by atoms with Gasteiger partial charge in [0, 0.05) is 22.1 Å². The van der Waals surface area contributed by atoms with Gasteiger partial charge in [0.1, 0.15) is 23.9 Å². The van der Waals surface area contributed by atoms with Crippen molar-refractivity contribution in [1.29, 1.82) is 0 Å². The van der Waals surface area contributed by atoms with Gasteiger partial charge in [0.05, 0.1) is 14.2 Å². The third-order valence-corrected chi connectivity index (χ3v) is 3.61. The lowest BCUT2D eigenvalue weighted by molar-refractivity contribution is 0.293. The number of ether oxygens (including phenoxy) is 3. The zero-order chi connectivity index (χ0) is 15.2. The summed E-state index contributed by atoms with van der Waals surface area (Å²) in [5, 5.41) is 0. The Hall–Kier alpha value is -1.72. The summed E-state index contributed by atoms with van der Waals surface area (Å²) < 4.78 is 17.4. The number of rotatable bonds is 6. The van der Waals surface area contributed by atoms with Crippen LogP contribution in [0.1, 0.15) is 11.1 Å². The van der Waals surface area contributed by atoms with Gasteiger partial charge in [0.15, 0.2) is 0 Å². The number of methoxy groups -OCH3 is 2. The normalized spacial score (nSPS) is 10.3. The minimum absolute atomic E-state index is 0.391. The molecule has 2 aromatic rings. The van der Waals surface area contributed by atoms with Crippen molar-refractivity contribution in [3.63, 3.8) is 0 Å². The fourth-order valence-electron chi connectivity index (χ4n) is 2.00. The summed E-state index contributed by atoms with van der Waals surface area (Å²) in [7, 11) is 3.27. The van der Waals surface area contributed by atoms with Crippen molar-refractivity contribution < 1.29 is 14.2 Å². The Bertz CT molecular complexity index is 616. The Morgan fingerprint density at radius 3 is 2.38 bits per heavy atom. The third kappa shape index (κ3) is 3.89. The van der Waals surface area contributed by atoms with Crippen molar-refractivity contribution in [2.45, 2.75) is 13.2 Å². The molecule has 0 saturated carbocycles. The summed E-state index contributed by atoms with van der Waals surface area (Å²) in [6, 6.07) is 11.4. The van der Waals surface area contributed by atoms with Crippen molar-refractivity contribution >= 4 is 15.9 Å². The molecule has 0 aliphatic rings. The average Bonchev–Trinajstić information content (AvgIpc) is 2.52. The van der Waals surface area contributed by atoms with Crippen molar-refractivity contribution in [3.8, 4) is 17.2 Å². The van der Waals surface area contributed by atoms with Gasteiger partial charge in [0.25, 0.3) is 0 Å². The molecular weight excluding hydrogens is 334 g/mol. The van der Waals surface area contributed by atoms with E-state index in [4.69, 9.17) is 19.9 Å². The molecule has 2 aromatic carbocycles. The van der Waals surface area contributed by atoms with E-state index < -0.39 is 0 Å². The van der Waals surface area contributed by atoms with Gasteiger partial charge in [0.2, 0.25) is 0 Å². The summed E-state index contributed by atoms with van der Waals surface area (Å²) in [5.74, 6) is 2.31. The zero-order valence-electron chi connectivity index (χ0n) is 12.1. The fraction of sp³-hybridized carbons (Fsp3) is 0.250. The molecule has 0 unspecified atom stereocenters. The molecule has 0 amide bonds. The van der Waals surface area contributed by atoms with E-state index in [1.165, 1.54) is 0 Å². The van der Waals surface area contributed by atoms with Crippen LogP contribution >= 0.6 is 15.9 Å². The molecule has 5 heteroatoms. The third-order valence-electron chi connectivity index (χ3n) is 3.11. The van der Waals surface area contributed by atoms with Crippen LogP contribution in [0, 0.1) is 0 Å². The topological polar surface area (TPSA) is 53.7 Å². The monoisotopic (exact) mass is 351 g/mol. The highest BCUT2D eigenvalue weighted by Crippen LogP contribution is 2.27. The number of hydrogen-bond acceptors (Lipinski definition) is 4. The van der Waals surface area contributed by atoms with Gasteiger partial charge in [-0.25, -0.2) is 0 Å². The molecule has 0 aliphatic carbocycles. The van der Waals surface area contributed by atoms with Crippen LogP contribution in [-0.2, 0) is 13.2 Å². The molecule has 2 rings (SSSR count). The van der Waals surface area contributed by atoms with E-state index in [0.29, 0.717) is 13.2 Å². The van der Waals surface area contributed by atoms with Crippen molar-refractivity contribution in [2.75, 3.05) is 14.2 Å². The van der Waals surface area contributed by atoms with Crippen LogP contribution < -0.4 is 19.9 Å². The highest BCUT2D eigenvalue weighted by Gasteiger charge is 2.08. The van der Waals surface area contributed by atoms with E-state index in [2.05, 4.69) is 15.9 Å². The second-order valence-corrected chi connectivity index (χ2v) is 5.34. The maximum Gasteiger partial charge on any atom is 0.125 e. The Kier molecular flexibility index (Phi) is 5.47. The molecule has 0 saturated heterocycles. The van der Waals surface area contributed by atoms with Crippen LogP contribution in [-0.4, -0.2) is 14.2 Å². The van der Waals surface area contributed by atoms with Crippen LogP contribution in [0.15, 0.2) is 40.9 Å². The van der Waals surface area contributed by atoms with E-state index in [1.807, 2.05) is 36.4 Å². The lowest BCUT2D eigenvalue weighted by Gasteiger charge is -2.14. The molecule has 0 heterocycles. The van der Waals surface area contributed by atoms with Crippen molar-refractivity contribution in [3.05, 3.63) is 52.0 Å². The Morgan fingerprint density at radius 2 is 1.71 bits per heavy atom. The zero-order valence-corrected chi connectivity index (χ0v) is 13.6. The largest absolute Gasteiger partial charge is 0.497 e. The first-order valence-corrected chi connectivity index (χ1v) is 7.29. The number of hydrogen-bond donors (Lipinski definition) is 1. The SMILES string of the molecule is COc1ccc(OCc2cc(Br)ccc2OC)c(CN)c1. The molecule has 21 heavy (non-hydrogen) atoms. The highest BCUT2D eigenvalue weighted by molar-refractivity contribution is 9.10. The summed E-state index contributed by atoms with van der Waals surface area (Å²) in [6.45, 7) is 0.796. The Labute approximate surface area is 132 Å². The first kappa shape index (κ1) is 15.7. The molecule has 0 fully saturated rings. The molecule has 0 atom stereocenters. The Balaban J connectivity index is 2.18. The molecule has 0 radical (unpaired) electrons. The quantitative estimate of drug-likeness (QED) is 0.865. The van der Waals surface area contributed by atoms with Crippen LogP contribution in [0.3, 0.4) is 0 Å². The first-order valence-electron chi connectivity index (χ1n) is 6.50. The van der Waals surface area contributed by atoms with Gasteiger partial charge < -0.3 is 19.9 Å². The molecule has 112 valence electrons. The Morgan fingerprint density at radius 1 is 0.952 bits per heavy atom. The van der Waals surface area contributed by atoms with E-state index in [9.17, 15) is 0 Å². The van der Waals surface area contributed by atoms with E-state index in [1.54, 1.807) is 14.2 Å². The molecular formula is C16H18BrNO3. The summed E-state index contributed by atoms with van der Waals surface area (Å²) in [4.78, 5) is 0. The minimum atomic E-state index is 0.391. The van der Waals surface area contributed by atoms with Crippen LogP contribution in [0.25, 0.3) is 0 Å². The van der Waals surface area contributed by atoms with Crippen LogP contribution in [0.2, 0.25) is 0 Å². The number of halogens is 1. The fourth-order valence-corrected chi connectivity index (χ4v) is 2.41. The van der Waals surface area contributed by atoms with Gasteiger partial charge in [-0.15, -0.1) is 0 Å². The average molecular weight is 352 g/mol. The lowest BCUT2D eigenvalue weighted by Crippen LogP contribution is -2.04. The summed E-state index contributed by atoms with van der Waals surface area (Å²) in [6.07, 6.45) is 0. The maximum absolute atomic E-state index is 5.87. The predicted octanol–water partition coefficient (Wildman–Crippen LogP) is 3.50. The number of benzene rings is 2. The standard InChI is InChI=1S/C16H18BrNO3/c1-19-14-4-6-16(11(8-14)9-18)21-10-12-7-13(17)3-5-15(12)20-2/h3-8H,9-10,18H2,1-2H3. The van der Waals surface area contributed by atoms with Gasteiger partial charge in [-0.1, -0.05) is 15.9 Å². The van der Waals surface area contributed by atoms with E-state index >= 15 is 0 Å². The molecule has 0 aromatic heterocycles. The lowest BCUT2D eigenvalue weighted by atomic mass is 10.2. The maximum atomic E-state index is 5.87. The first-order chi connectivity index (χ1) is 10.2. The van der Waals surface area contributed by atoms with Crippen molar-refractivity contribution in [2.24, 2.45) is 5.73 Å². The smallest absolute Gasteiger partial charge is 0.125 e. The highest BCUT2D eigenvalue weighted by atomic mass is 79.9. The molecule has 4 nitrogen and oxygen atoms in total. The molecule has 0 aliphatic heterocycles. The van der Waals surface area contributed by atoms with Gasteiger partial charge in [-0.3, -0.25) is 0 Å². The minimum Gasteiger partial charge on any atom is -0.497 e. The predicted molar refractivity (Wildman–Crippen MR) is 85.9 cm³/mol. The summed E-state index contributed by atoms with van der Waals surface area (Å²) >= 11 is 3.45. The van der Waals surface area contributed by atoms with E-state index in [-0.39, 0.29) is 0 Å². The van der Waals surface area contributed by atoms with E-state index in [0.717, 1.165) is 32.8 Å². The second-order valence-electron chi connectivity index (χ2n) is 4.42.